The van der Waals surface area contributed by atoms with Crippen LogP contribution in [-0.4, -0.2) is 11.4 Å². The SMILES string of the molecule is CC(C)(C)c1ccc(N2B3c4oc5ccc(C(C)(C)C)cc5c4-n4c5ccc(C(C)(C)C)cc5c5c6oc7ccccc7c6c(c3c54)-c3cc4oc5ccccc5c4cc32)cc1. The summed E-state index contributed by atoms with van der Waals surface area (Å²) < 4.78 is 23.8. The number of fused-ring (bicyclic) bond motifs is 18. The molecule has 0 unspecified atom stereocenters. The van der Waals surface area contributed by atoms with Crippen LogP contribution >= 0.6 is 0 Å². The Morgan fingerprint density at radius 3 is 1.81 bits per heavy atom. The van der Waals surface area contributed by atoms with E-state index in [0.717, 1.165) is 94.0 Å². The van der Waals surface area contributed by atoms with Crippen LogP contribution in [0.2, 0.25) is 0 Å². The zero-order valence-corrected chi connectivity index (χ0v) is 36.7. The lowest BCUT2D eigenvalue weighted by molar-refractivity contribution is 0.590. The van der Waals surface area contributed by atoms with Gasteiger partial charge in [0, 0.05) is 49.3 Å². The first kappa shape index (κ1) is 36.0. The average molecular weight is 807 g/mol. The van der Waals surface area contributed by atoms with Crippen LogP contribution in [0.15, 0.2) is 135 Å². The molecule has 11 aromatic rings. The Balaban J connectivity index is 1.29. The molecule has 6 heteroatoms. The van der Waals surface area contributed by atoms with Crippen LogP contribution in [0.4, 0.5) is 11.4 Å². The quantitative estimate of drug-likeness (QED) is 0.155. The molecule has 0 N–H and O–H groups in total. The summed E-state index contributed by atoms with van der Waals surface area (Å²) in [5, 5.41) is 7.87. The Kier molecular flexibility index (Phi) is 6.76. The molecular formula is C56H47BN2O3. The highest BCUT2D eigenvalue weighted by Crippen LogP contribution is 2.53. The largest absolute Gasteiger partial charge is 0.466 e. The second-order valence-electron chi connectivity index (χ2n) is 20.9. The van der Waals surface area contributed by atoms with E-state index in [4.69, 9.17) is 13.3 Å². The molecule has 2 aliphatic rings. The van der Waals surface area contributed by atoms with Crippen LogP contribution < -0.4 is 15.9 Å². The lowest BCUT2D eigenvalue weighted by atomic mass is 9.46. The predicted molar refractivity (Wildman–Crippen MR) is 260 cm³/mol. The molecule has 2 aliphatic heterocycles. The van der Waals surface area contributed by atoms with Gasteiger partial charge in [0.1, 0.15) is 33.6 Å². The van der Waals surface area contributed by atoms with Gasteiger partial charge in [0.15, 0.2) is 0 Å². The van der Waals surface area contributed by atoms with Crippen molar-refractivity contribution < 1.29 is 13.3 Å². The highest BCUT2D eigenvalue weighted by Gasteiger charge is 2.49. The molecular weight excluding hydrogens is 759 g/mol. The van der Waals surface area contributed by atoms with Crippen molar-refractivity contribution in [1.82, 2.24) is 4.57 Å². The smallest absolute Gasteiger partial charge is 0.376 e. The number of rotatable bonds is 1. The van der Waals surface area contributed by atoms with Gasteiger partial charge in [0.05, 0.1) is 22.1 Å². The van der Waals surface area contributed by atoms with Crippen molar-refractivity contribution in [2.24, 2.45) is 0 Å². The van der Waals surface area contributed by atoms with E-state index in [0.29, 0.717) is 0 Å². The topological polar surface area (TPSA) is 47.6 Å². The first-order valence-electron chi connectivity index (χ1n) is 22.0. The van der Waals surface area contributed by atoms with Gasteiger partial charge in [-0.05, 0) is 105 Å². The highest BCUT2D eigenvalue weighted by atomic mass is 16.3. The molecule has 6 heterocycles. The summed E-state index contributed by atoms with van der Waals surface area (Å²) in [7, 11) is 0. The van der Waals surface area contributed by atoms with Crippen LogP contribution in [-0.2, 0) is 16.2 Å². The number of nitrogens with zero attached hydrogens (tertiary/aromatic N) is 2. The Hall–Kier alpha value is -6.66. The molecule has 7 aromatic carbocycles. The van der Waals surface area contributed by atoms with E-state index >= 15 is 0 Å². The van der Waals surface area contributed by atoms with Crippen LogP contribution in [0.25, 0.3) is 93.5 Å². The van der Waals surface area contributed by atoms with Gasteiger partial charge in [-0.3, -0.25) is 0 Å². The van der Waals surface area contributed by atoms with E-state index in [1.54, 1.807) is 0 Å². The molecule has 302 valence electrons. The Labute approximate surface area is 360 Å². The van der Waals surface area contributed by atoms with Crippen molar-refractivity contribution in [2.45, 2.75) is 78.6 Å². The lowest BCUT2D eigenvalue weighted by Gasteiger charge is -2.40. The second-order valence-corrected chi connectivity index (χ2v) is 20.9. The van der Waals surface area contributed by atoms with E-state index in [-0.39, 0.29) is 23.1 Å². The molecule has 0 radical (unpaired) electrons. The molecule has 0 fully saturated rings. The van der Waals surface area contributed by atoms with Gasteiger partial charge in [-0.25, -0.2) is 0 Å². The molecule has 0 bridgehead atoms. The van der Waals surface area contributed by atoms with E-state index in [9.17, 15) is 0 Å². The molecule has 0 atom stereocenters. The van der Waals surface area contributed by atoms with Crippen LogP contribution in [0.3, 0.4) is 0 Å². The lowest BCUT2D eigenvalue weighted by Crippen LogP contribution is -2.60. The minimum Gasteiger partial charge on any atom is -0.466 e. The van der Waals surface area contributed by atoms with E-state index in [1.165, 1.54) is 38.6 Å². The van der Waals surface area contributed by atoms with Crippen molar-refractivity contribution in [1.29, 1.82) is 0 Å². The van der Waals surface area contributed by atoms with E-state index < -0.39 is 0 Å². The van der Waals surface area contributed by atoms with E-state index in [2.05, 4.69) is 193 Å². The summed E-state index contributed by atoms with van der Waals surface area (Å²) >= 11 is 0. The molecule has 0 saturated heterocycles. The van der Waals surface area contributed by atoms with Crippen LogP contribution in [0.1, 0.15) is 79.0 Å². The maximum absolute atomic E-state index is 7.40. The van der Waals surface area contributed by atoms with Gasteiger partial charge in [0.2, 0.25) is 0 Å². The molecule has 62 heavy (non-hydrogen) atoms. The second kappa shape index (κ2) is 11.6. The third-order valence-electron chi connectivity index (χ3n) is 14.0. The number of benzene rings is 7. The normalized spacial score (nSPS) is 14.1. The zero-order valence-electron chi connectivity index (χ0n) is 36.7. The highest BCUT2D eigenvalue weighted by molar-refractivity contribution is 6.93. The fraction of sp³-hybridized carbons (Fsp3) is 0.214. The van der Waals surface area contributed by atoms with Gasteiger partial charge in [0.25, 0.3) is 0 Å². The number of para-hydroxylation sites is 2. The summed E-state index contributed by atoms with van der Waals surface area (Å²) in [6.07, 6.45) is 0. The van der Waals surface area contributed by atoms with Crippen molar-refractivity contribution >= 4 is 106 Å². The first-order chi connectivity index (χ1) is 29.6. The number of hydrogen-bond acceptors (Lipinski definition) is 4. The number of aromatic nitrogens is 1. The van der Waals surface area contributed by atoms with Crippen LogP contribution in [0, 0.1) is 0 Å². The summed E-state index contributed by atoms with van der Waals surface area (Å²) in [6, 6.07) is 44.8. The minimum atomic E-state index is -0.312. The Bertz CT molecular complexity index is 3760. The molecule has 4 aromatic heterocycles. The van der Waals surface area contributed by atoms with E-state index in [1.807, 2.05) is 0 Å². The third kappa shape index (κ3) is 4.65. The molecule has 5 nitrogen and oxygen atoms in total. The van der Waals surface area contributed by atoms with Gasteiger partial charge in [-0.15, -0.1) is 0 Å². The predicted octanol–water partition coefficient (Wildman–Crippen LogP) is 14.5. The van der Waals surface area contributed by atoms with Crippen molar-refractivity contribution in [3.8, 4) is 16.8 Å². The third-order valence-corrected chi connectivity index (χ3v) is 14.0. The summed E-state index contributed by atoms with van der Waals surface area (Å²) in [6.45, 7) is 20.3. The monoisotopic (exact) mass is 806 g/mol. The average Bonchev–Trinajstić information content (AvgIpc) is 4.00. The first-order valence-corrected chi connectivity index (χ1v) is 22.0. The number of hydrogen-bond donors (Lipinski definition) is 0. The molecule has 0 aliphatic carbocycles. The maximum Gasteiger partial charge on any atom is 0.376 e. The molecule has 0 amide bonds. The van der Waals surface area contributed by atoms with Gasteiger partial charge < -0.3 is 22.6 Å². The van der Waals surface area contributed by atoms with Gasteiger partial charge in [-0.1, -0.05) is 123 Å². The van der Waals surface area contributed by atoms with Gasteiger partial charge in [-0.2, -0.15) is 0 Å². The summed E-state index contributed by atoms with van der Waals surface area (Å²) in [5.41, 5.74) is 18.2. The molecule has 0 spiro atoms. The molecule has 13 rings (SSSR count). The Morgan fingerprint density at radius 1 is 0.484 bits per heavy atom. The van der Waals surface area contributed by atoms with Crippen molar-refractivity contribution in [3.63, 3.8) is 0 Å². The number of anilines is 2. The fourth-order valence-electron chi connectivity index (χ4n) is 10.8. The summed E-state index contributed by atoms with van der Waals surface area (Å²) in [5.74, 6) is 0. The van der Waals surface area contributed by atoms with Crippen molar-refractivity contribution in [3.05, 3.63) is 138 Å². The zero-order chi connectivity index (χ0) is 42.4. The molecule has 0 saturated carbocycles. The summed E-state index contributed by atoms with van der Waals surface area (Å²) in [4.78, 5) is 2.56. The van der Waals surface area contributed by atoms with Crippen molar-refractivity contribution in [2.75, 3.05) is 4.81 Å². The Morgan fingerprint density at radius 2 is 1.10 bits per heavy atom. The maximum atomic E-state index is 7.40. The standard InChI is InChI=1S/C56H47BN2O3/c1-54(2,3)30-18-22-33(23-19-30)59-41-28-36-34-14-10-12-16-42(34)60-45(36)29-38(41)46-47-35-15-11-13-17-43(35)61-52(47)48-37-26-31(55(4,5)6)20-24-40(37)58-50-39-27-32(56(7,8)9)21-25-44(39)62-53(50)57(59)49(46)51(48)58/h10-29H,1-9H3. The number of furan rings is 3. The van der Waals surface area contributed by atoms with Crippen LogP contribution in [0.5, 0.6) is 0 Å². The minimum absolute atomic E-state index is 0.00126. The fourth-order valence-corrected chi connectivity index (χ4v) is 10.8. The van der Waals surface area contributed by atoms with Gasteiger partial charge >= 0.3 is 6.85 Å².